The van der Waals surface area contributed by atoms with E-state index in [4.69, 9.17) is 0 Å². The fourth-order valence-corrected chi connectivity index (χ4v) is 11.5. The molecule has 13 rings (SSSR count). The van der Waals surface area contributed by atoms with Gasteiger partial charge >= 0.3 is 0 Å². The van der Waals surface area contributed by atoms with Gasteiger partial charge < -0.3 is 19.9 Å². The van der Waals surface area contributed by atoms with Crippen LogP contribution in [0.4, 0.5) is 132 Å². The lowest BCUT2D eigenvalue weighted by atomic mass is 9.94. The van der Waals surface area contributed by atoms with Crippen LogP contribution < -0.4 is 21.4 Å². The largest absolute Gasteiger partial charge is 0.354 e. The molecule has 36 heteroatoms. The van der Waals surface area contributed by atoms with E-state index in [2.05, 4.69) is 29.9 Å². The number of aromatic nitrogens is 4. The predicted octanol–water partition coefficient (Wildman–Crippen LogP) is 15.3. The first-order valence-electron chi connectivity index (χ1n) is 27.5. The lowest BCUT2D eigenvalue weighted by Gasteiger charge is -2.14. The molecule has 0 amide bonds. The van der Waals surface area contributed by atoms with Crippen LogP contribution in [0.3, 0.4) is 0 Å². The molecule has 0 saturated carbocycles. The second-order valence-electron chi connectivity index (χ2n) is 21.5. The van der Waals surface area contributed by atoms with Gasteiger partial charge in [-0.05, 0) is 60.7 Å². The molecule has 4 aromatic heterocycles. The van der Waals surface area contributed by atoms with Crippen molar-refractivity contribution >= 4 is 45.9 Å². The van der Waals surface area contributed by atoms with Crippen LogP contribution in [0.1, 0.15) is 56.2 Å². The fourth-order valence-electron chi connectivity index (χ4n) is 11.5. The molecule has 0 spiro atoms. The summed E-state index contributed by atoms with van der Waals surface area (Å²) in [5.41, 5.74) is -32.3. The number of hydrogen-bond donors (Lipinski definition) is 4. The highest BCUT2D eigenvalue weighted by atomic mass is 19.2. The van der Waals surface area contributed by atoms with E-state index in [1.807, 2.05) is 0 Å². The van der Waals surface area contributed by atoms with Gasteiger partial charge in [-0.1, -0.05) is 0 Å². The molecule has 0 atom stereocenters. The number of rotatable bonds is 6. The van der Waals surface area contributed by atoms with Gasteiger partial charge in [0, 0.05) is 101 Å². The molecule has 6 aromatic carbocycles. The van der Waals surface area contributed by atoms with E-state index in [1.165, 1.54) is 0 Å². The van der Waals surface area contributed by atoms with Crippen LogP contribution in [0, 0.1) is 175 Å². The molecule has 4 N–H and O–H groups in total. The third kappa shape index (κ3) is 10.0. The summed E-state index contributed by atoms with van der Waals surface area (Å²) < 4.78 is 473. The van der Waals surface area contributed by atoms with Crippen molar-refractivity contribution in [2.24, 2.45) is 9.98 Å². The number of hydrogen-bond acceptors (Lipinski definition) is 2. The summed E-state index contributed by atoms with van der Waals surface area (Å²) in [6.07, 6.45) is 0.956. The fraction of sp³-hybridized carbons (Fsp3) is 0. The van der Waals surface area contributed by atoms with Gasteiger partial charge in [-0.3, -0.25) is 9.98 Å². The van der Waals surface area contributed by atoms with E-state index in [-0.39, 0.29) is 24.6 Å². The number of halogens is 30. The Balaban J connectivity index is 1.28. The van der Waals surface area contributed by atoms with Crippen molar-refractivity contribution in [2.45, 2.75) is 0 Å². The van der Waals surface area contributed by atoms with E-state index in [0.29, 0.717) is 48.5 Å². The molecule has 0 unspecified atom stereocenters. The third-order valence-electron chi connectivity index (χ3n) is 16.0. The van der Waals surface area contributed by atoms with Gasteiger partial charge in [0.25, 0.3) is 0 Å². The van der Waals surface area contributed by atoms with Gasteiger partial charge in [-0.25, -0.2) is 132 Å². The topological polar surface area (TPSA) is 87.9 Å². The molecule has 0 radical (unpaired) electrons. The molecule has 7 heterocycles. The maximum Gasteiger partial charge on any atom is 0.200 e. The highest BCUT2D eigenvalue weighted by molar-refractivity contribution is 6.07. The Morgan fingerprint density at radius 1 is 0.176 bits per heavy atom. The van der Waals surface area contributed by atoms with Gasteiger partial charge in [0.05, 0.1) is 44.8 Å². The van der Waals surface area contributed by atoms with Crippen molar-refractivity contribution in [3.05, 3.63) is 335 Å². The molecule has 6 nitrogen and oxygen atoms in total. The van der Waals surface area contributed by atoms with Crippen LogP contribution >= 0.6 is 0 Å². The first kappa shape index (κ1) is 68.6. The summed E-state index contributed by atoms with van der Waals surface area (Å²) in [6.45, 7) is 0. The molecular formula is C66H16F30N6. The zero-order valence-corrected chi connectivity index (χ0v) is 48.2. The first-order valence-corrected chi connectivity index (χ1v) is 27.5. The number of allylic oxidation sites excluding steroid dienone is 4. The van der Waals surface area contributed by atoms with Crippen LogP contribution in [0.5, 0.6) is 0 Å². The number of benzene rings is 6. The minimum atomic E-state index is -2.91. The lowest BCUT2D eigenvalue weighted by molar-refractivity contribution is 0.376. The maximum atomic E-state index is 16.5. The van der Waals surface area contributed by atoms with Crippen LogP contribution in [0.15, 0.2) is 93.2 Å². The Bertz CT molecular complexity index is 5480. The summed E-state index contributed by atoms with van der Waals surface area (Å²) in [5, 5.41) is -4.93. The molecule has 0 fully saturated rings. The van der Waals surface area contributed by atoms with Crippen molar-refractivity contribution in [1.29, 1.82) is 0 Å². The Hall–Kier alpha value is -11.9. The molecule has 12 bridgehead atoms. The van der Waals surface area contributed by atoms with E-state index in [0.717, 1.165) is 0 Å². The van der Waals surface area contributed by atoms with Crippen molar-refractivity contribution < 1.29 is 132 Å². The van der Waals surface area contributed by atoms with Crippen molar-refractivity contribution in [3.8, 4) is 0 Å². The smallest absolute Gasteiger partial charge is 0.200 e. The minimum absolute atomic E-state index is 0.234. The Labute approximate surface area is 541 Å². The SMILES string of the molecule is Fc1c(F)c(F)c(C2=C3C=C(C=N3)C(c3c(F)c(F)c(F)c(F)c3F)=c3ccc([nH]3)=C(c3c(F)c(F)c(F)c(F)c3F)c3ccc([nH]3)C(c3c(F)c(F)c(F)c(F)c3F)=C3C=C(C=N3)C(c3c(F)c(F)c(F)c(F)c3F)=c3ccc([nH]3)=C(c3c(F)c(F)c(F)c(F)c3F)c3ccc2[nH]3)c(F)c1F. The number of nitrogens with one attached hydrogen (secondary N) is 4. The minimum Gasteiger partial charge on any atom is -0.354 e. The van der Waals surface area contributed by atoms with Gasteiger partial charge in [-0.15, -0.1) is 0 Å². The number of aromatic amines is 4. The predicted molar refractivity (Wildman–Crippen MR) is 293 cm³/mol. The standard InChI is InChI=1S/C66H16F30N6/c67-37-31(38(68)50(80)61(91)49(37)79)25-13-9-23(97-11-13)29(35-45(75)57(87)65(95)58(88)46(35)76)22-8-6-20(102-22)28(34-43(73)55(85)64(94)56(86)44(34)74)18-4-2-16(100-18)26(32-39(69)51(81)62(92)52(82)40(32)70)14-10-24(98-12-14)30(36-47(77)59(89)66(96)60(90)48(36)78)21-7-5-19(101-21)27(17-3-1-15(25)99-17)33-41(71)53(83)63(93)54(84)42(33)72/h1-12,99-102H. The average molecular weight is 1460 g/mol. The van der Waals surface area contributed by atoms with E-state index < -0.39 is 308 Å². The summed E-state index contributed by atoms with van der Waals surface area (Å²) >= 11 is 0. The quantitative estimate of drug-likeness (QED) is 0.0726. The van der Waals surface area contributed by atoms with Crippen LogP contribution in [0.2, 0.25) is 0 Å². The van der Waals surface area contributed by atoms with Gasteiger partial charge in [0.15, 0.2) is 140 Å². The highest BCUT2D eigenvalue weighted by Gasteiger charge is 2.39. The number of aliphatic imine (C=N–C) groups is 2. The summed E-state index contributed by atoms with van der Waals surface area (Å²) in [7, 11) is 0. The van der Waals surface area contributed by atoms with E-state index in [1.54, 1.807) is 0 Å². The van der Waals surface area contributed by atoms with E-state index >= 15 is 105 Å². The van der Waals surface area contributed by atoms with Crippen molar-refractivity contribution in [1.82, 2.24) is 19.9 Å². The Kier molecular flexibility index (Phi) is 16.5. The number of fused-ring (bicyclic) bond motifs is 10. The summed E-state index contributed by atoms with van der Waals surface area (Å²) in [5.74, 6) is -85.6. The molecule has 3 aliphatic rings. The molecule has 10 aromatic rings. The number of nitrogens with zero attached hydrogens (tertiary/aromatic N) is 2. The molecule has 0 aliphatic carbocycles. The van der Waals surface area contributed by atoms with Gasteiger partial charge in [0.2, 0.25) is 34.9 Å². The highest BCUT2D eigenvalue weighted by Crippen LogP contribution is 2.44. The molecule has 520 valence electrons. The first-order chi connectivity index (χ1) is 48.1. The molecule has 102 heavy (non-hydrogen) atoms. The number of H-pyrrole nitrogens is 4. The van der Waals surface area contributed by atoms with Gasteiger partial charge in [0.1, 0.15) is 0 Å². The molecular weight excluding hydrogens is 1450 g/mol. The monoisotopic (exact) mass is 1460 g/mol. The van der Waals surface area contributed by atoms with Crippen LogP contribution in [-0.2, 0) is 0 Å². The summed E-state index contributed by atoms with van der Waals surface area (Å²) in [6, 6.07) is 3.32. The van der Waals surface area contributed by atoms with Crippen molar-refractivity contribution in [2.75, 3.05) is 0 Å². The zero-order valence-electron chi connectivity index (χ0n) is 48.2. The summed E-state index contributed by atoms with van der Waals surface area (Å²) in [4.78, 5) is 16.0. The Morgan fingerprint density at radius 3 is 0.559 bits per heavy atom. The Morgan fingerprint density at radius 2 is 0.343 bits per heavy atom. The van der Waals surface area contributed by atoms with E-state index in [9.17, 15) is 26.3 Å². The van der Waals surface area contributed by atoms with Crippen LogP contribution in [-0.4, -0.2) is 32.4 Å². The second-order valence-corrected chi connectivity index (χ2v) is 21.5. The zero-order chi connectivity index (χ0) is 73.9. The average Bonchev–Trinajstić information content (AvgIpc) is 1.56. The van der Waals surface area contributed by atoms with Gasteiger partial charge in [-0.2, -0.15) is 0 Å². The van der Waals surface area contributed by atoms with Crippen LogP contribution in [0.25, 0.3) is 33.4 Å². The second kappa shape index (κ2) is 24.5. The molecule has 3 aliphatic heterocycles. The third-order valence-corrected chi connectivity index (χ3v) is 16.0. The maximum absolute atomic E-state index is 16.5. The molecule has 0 saturated heterocycles. The lowest BCUT2D eigenvalue weighted by Crippen LogP contribution is -2.21. The van der Waals surface area contributed by atoms with Crippen molar-refractivity contribution in [3.63, 3.8) is 0 Å². The normalized spacial score (nSPS) is 14.1.